The number of ether oxygens (including phenoxy) is 2. The van der Waals surface area contributed by atoms with Gasteiger partial charge in [0.15, 0.2) is 0 Å². The minimum Gasteiger partial charge on any atom is -0.507 e. The van der Waals surface area contributed by atoms with E-state index in [4.69, 9.17) is 14.5 Å². The highest BCUT2D eigenvalue weighted by Gasteiger charge is 2.42. The van der Waals surface area contributed by atoms with Crippen LogP contribution in [0.25, 0.3) is 22.4 Å². The van der Waals surface area contributed by atoms with Crippen LogP contribution in [0.1, 0.15) is 35.1 Å². The van der Waals surface area contributed by atoms with E-state index in [9.17, 15) is 41.0 Å². The maximum Gasteiger partial charge on any atom is 0.416 e. The second-order valence-electron chi connectivity index (χ2n) is 12.6. The minimum atomic E-state index is -4.98. The Hall–Kier alpha value is -4.72. The van der Waals surface area contributed by atoms with Crippen molar-refractivity contribution >= 4 is 31.2 Å². The number of aromatic nitrogens is 3. The van der Waals surface area contributed by atoms with E-state index >= 15 is 0 Å². The van der Waals surface area contributed by atoms with Gasteiger partial charge in [-0.1, -0.05) is 19.2 Å². The lowest BCUT2D eigenvalue weighted by Gasteiger charge is -2.33. The number of amides is 1. The zero-order valence-corrected chi connectivity index (χ0v) is 28.9. The molecule has 1 N–H and O–H groups in total. The fraction of sp³-hybridized carbons (Fsp3) is 0.382. The first-order valence-corrected chi connectivity index (χ1v) is 17.8. The Bertz CT molecular complexity index is 1980. The zero-order chi connectivity index (χ0) is 37.0. The van der Waals surface area contributed by atoms with Crippen molar-refractivity contribution < 1.29 is 50.5 Å². The number of nitrogens with zero attached hydrogens (tertiary/aromatic N) is 5. The first-order chi connectivity index (χ1) is 24.0. The fourth-order valence-electron chi connectivity index (χ4n) is 6.38. The number of alkyl halides is 6. The number of anilines is 1. The molecule has 3 atom stereocenters. The number of hydrogen-bond acceptors (Lipinski definition) is 8. The van der Waals surface area contributed by atoms with E-state index in [1.165, 1.54) is 22.8 Å². The van der Waals surface area contributed by atoms with Gasteiger partial charge in [-0.2, -0.15) is 31.4 Å². The number of hydrogen-bond donors (Lipinski definition) is 1. The maximum atomic E-state index is 13.5. The molecule has 5 heterocycles. The molecule has 2 fully saturated rings. The second-order valence-corrected chi connectivity index (χ2v) is 14.7. The third kappa shape index (κ3) is 7.10. The molecule has 3 aliphatic rings. The van der Waals surface area contributed by atoms with Gasteiger partial charge in [0.05, 0.1) is 42.2 Å². The highest BCUT2D eigenvalue weighted by molar-refractivity contribution is 7.61. The van der Waals surface area contributed by atoms with E-state index < -0.39 is 55.3 Å². The van der Waals surface area contributed by atoms with Crippen molar-refractivity contribution in [1.82, 2.24) is 19.7 Å². The van der Waals surface area contributed by atoms with E-state index in [0.29, 0.717) is 39.5 Å². The Morgan fingerprint density at radius 1 is 1.08 bits per heavy atom. The van der Waals surface area contributed by atoms with Crippen LogP contribution < -0.4 is 4.90 Å². The smallest absolute Gasteiger partial charge is 0.416 e. The number of allylic oxidation sites excluding steroid dienone is 3. The number of carbonyl (C=O) groups excluding carboxylic acids is 2. The summed E-state index contributed by atoms with van der Waals surface area (Å²) in [6.07, 6.45) is -10.9. The zero-order valence-electron chi connectivity index (χ0n) is 27.9. The molecule has 0 spiro atoms. The standard InChI is InChI=1S/C34H34F6N5O5P/c1-18-29(42-43(3)30(18)31(47)49-4)20-6-8-26(46)24(12-20)23-7-9-28(44-10-5-11-44)41-25(23)14-45-19(2)27(50-32(45)48)17-51-15-21(33(35,36)37)13-22(16-51)34(38,39)40/h6-9,12-13,15-16,19,27,46,51H,5,10-11,14,17H2,1-4H3/t19-,27+/m0/s1. The summed E-state index contributed by atoms with van der Waals surface area (Å²) in [6, 6.07) is 7.62. The summed E-state index contributed by atoms with van der Waals surface area (Å²) in [4.78, 5) is 33.9. The number of aromatic hydroxyl groups is 1. The Morgan fingerprint density at radius 3 is 2.41 bits per heavy atom. The normalized spacial score (nSPS) is 20.7. The third-order valence-corrected chi connectivity index (χ3v) is 11.5. The SMILES string of the molecule is COC(=O)c1c(C)c(-c2ccc(O)c(-c3ccc(N4CCC4)nc3CN3C(=O)O[C@H](C[PH]4=CC(C(F)(F)F)=CC(C(F)(F)F)=C4)[C@@H]3C)c2)nn1C. The lowest BCUT2D eigenvalue weighted by molar-refractivity contribution is -0.0920. The quantitative estimate of drug-likeness (QED) is 0.152. The van der Waals surface area contributed by atoms with Crippen LogP contribution in [-0.4, -0.2) is 93.5 Å². The largest absolute Gasteiger partial charge is 0.507 e. The van der Waals surface area contributed by atoms with Gasteiger partial charge >= 0.3 is 24.4 Å². The average Bonchev–Trinajstić information content (AvgIpc) is 3.48. The molecule has 51 heavy (non-hydrogen) atoms. The third-order valence-electron chi connectivity index (χ3n) is 9.28. The van der Waals surface area contributed by atoms with Gasteiger partial charge < -0.3 is 19.5 Å². The molecule has 3 aliphatic heterocycles. The summed E-state index contributed by atoms with van der Waals surface area (Å²) in [6.45, 7) is 4.74. The number of phenolic OH excluding ortho intramolecular Hbond substituents is 1. The summed E-state index contributed by atoms with van der Waals surface area (Å²) < 4.78 is 93.1. The van der Waals surface area contributed by atoms with Crippen molar-refractivity contribution in [3.05, 3.63) is 70.3 Å². The molecule has 0 radical (unpaired) electrons. The van der Waals surface area contributed by atoms with Crippen LogP contribution >= 0.6 is 7.55 Å². The molecule has 2 aromatic heterocycles. The molecule has 0 saturated carbocycles. The van der Waals surface area contributed by atoms with Crippen LogP contribution in [0.4, 0.5) is 37.0 Å². The van der Waals surface area contributed by atoms with Gasteiger partial charge in [0.2, 0.25) is 0 Å². The van der Waals surface area contributed by atoms with Crippen molar-refractivity contribution in [2.75, 3.05) is 31.3 Å². The molecule has 1 unspecified atom stereocenters. The van der Waals surface area contributed by atoms with Crippen molar-refractivity contribution in [2.24, 2.45) is 7.05 Å². The predicted octanol–water partition coefficient (Wildman–Crippen LogP) is 6.83. The van der Waals surface area contributed by atoms with Crippen LogP contribution in [-0.2, 0) is 23.1 Å². The Labute approximate surface area is 289 Å². The van der Waals surface area contributed by atoms with E-state index in [2.05, 4.69) is 5.10 Å². The van der Waals surface area contributed by atoms with Crippen molar-refractivity contribution in [3.8, 4) is 28.1 Å². The first-order valence-electron chi connectivity index (χ1n) is 15.9. The summed E-state index contributed by atoms with van der Waals surface area (Å²) in [7, 11) is 0.326. The maximum absolute atomic E-state index is 13.5. The molecule has 0 bridgehead atoms. The number of esters is 1. The number of cyclic esters (lactones) is 1. The van der Waals surface area contributed by atoms with Gasteiger partial charge in [-0.25, -0.2) is 14.6 Å². The topological polar surface area (TPSA) is 110 Å². The molecule has 10 nitrogen and oxygen atoms in total. The van der Waals surface area contributed by atoms with Crippen LogP contribution in [0.15, 0.2) is 53.4 Å². The fourth-order valence-corrected chi connectivity index (χ4v) is 8.88. The lowest BCUT2D eigenvalue weighted by atomic mass is 9.97. The number of carbonyl (C=O) groups is 2. The Balaban J connectivity index is 1.33. The lowest BCUT2D eigenvalue weighted by Crippen LogP contribution is -2.38. The molecule has 1 aromatic carbocycles. The highest BCUT2D eigenvalue weighted by atomic mass is 31.1. The second kappa shape index (κ2) is 13.4. The van der Waals surface area contributed by atoms with Gasteiger partial charge in [-0.05, 0) is 56.7 Å². The van der Waals surface area contributed by atoms with Crippen LogP contribution in [0.3, 0.4) is 0 Å². The van der Waals surface area contributed by atoms with Crippen LogP contribution in [0.5, 0.6) is 5.75 Å². The number of halogens is 6. The van der Waals surface area contributed by atoms with Crippen molar-refractivity contribution in [1.29, 1.82) is 0 Å². The summed E-state index contributed by atoms with van der Waals surface area (Å²) >= 11 is 0. The molecule has 0 aliphatic carbocycles. The monoisotopic (exact) mass is 737 g/mol. The minimum absolute atomic E-state index is 0.0977. The highest BCUT2D eigenvalue weighted by Crippen LogP contribution is 2.44. The number of methoxy groups -OCH3 is 1. The number of phenols is 1. The molecular formula is C34H34F6N5O5P. The molecule has 3 aromatic rings. The van der Waals surface area contributed by atoms with Crippen LogP contribution in [0, 0.1) is 6.92 Å². The molecule has 2 saturated heterocycles. The average molecular weight is 738 g/mol. The van der Waals surface area contributed by atoms with Crippen molar-refractivity contribution in [3.63, 3.8) is 0 Å². The van der Waals surface area contributed by atoms with Crippen molar-refractivity contribution in [2.45, 2.75) is 51.3 Å². The van der Waals surface area contributed by atoms with Gasteiger partial charge in [-0.3, -0.25) is 9.58 Å². The van der Waals surface area contributed by atoms with Gasteiger partial charge in [0, 0.05) is 48.6 Å². The number of pyridine rings is 1. The molecule has 272 valence electrons. The first kappa shape index (κ1) is 36.1. The van der Waals surface area contributed by atoms with Crippen LogP contribution in [0.2, 0.25) is 0 Å². The summed E-state index contributed by atoms with van der Waals surface area (Å²) in [5.74, 6) is 1.59. The molecule has 6 rings (SSSR count). The number of benzene rings is 1. The van der Waals surface area contributed by atoms with E-state index in [-0.39, 0.29) is 30.2 Å². The van der Waals surface area contributed by atoms with Gasteiger partial charge in [0.1, 0.15) is 23.4 Å². The number of rotatable bonds is 8. The molecule has 1 amide bonds. The number of aryl methyl sites for hydroxylation is 1. The summed E-state index contributed by atoms with van der Waals surface area (Å²) in [5, 5.41) is 15.6. The molecular weight excluding hydrogens is 703 g/mol. The Kier molecular flexibility index (Phi) is 9.51. The van der Waals surface area contributed by atoms with E-state index in [1.54, 1.807) is 45.2 Å². The van der Waals surface area contributed by atoms with E-state index in [1.807, 2.05) is 4.90 Å². The molecule has 17 heteroatoms. The van der Waals surface area contributed by atoms with Gasteiger partial charge in [0.25, 0.3) is 0 Å². The summed E-state index contributed by atoms with van der Waals surface area (Å²) in [5.41, 5.74) is 0.303. The van der Waals surface area contributed by atoms with E-state index in [0.717, 1.165) is 31.1 Å². The van der Waals surface area contributed by atoms with Gasteiger partial charge in [-0.15, -0.1) is 0 Å². The Morgan fingerprint density at radius 2 is 1.78 bits per heavy atom. The predicted molar refractivity (Wildman–Crippen MR) is 179 cm³/mol.